The van der Waals surface area contributed by atoms with Crippen LogP contribution in [-0.4, -0.2) is 19.3 Å². The summed E-state index contributed by atoms with van der Waals surface area (Å²) < 4.78 is 54.6. The van der Waals surface area contributed by atoms with Crippen molar-refractivity contribution in [3.8, 4) is 0 Å². The van der Waals surface area contributed by atoms with Crippen LogP contribution in [0, 0.1) is 11.6 Å². The lowest BCUT2D eigenvalue weighted by Crippen LogP contribution is -2.36. The average molecular weight is 365 g/mol. The molecule has 1 aliphatic rings. The summed E-state index contributed by atoms with van der Waals surface area (Å²) in [5.41, 5.74) is 2.95. The first kappa shape index (κ1) is 18.0. The van der Waals surface area contributed by atoms with Crippen molar-refractivity contribution in [1.29, 1.82) is 0 Å². The lowest BCUT2D eigenvalue weighted by molar-refractivity contribution is 0.383. The first-order chi connectivity index (χ1) is 11.9. The van der Waals surface area contributed by atoms with Crippen molar-refractivity contribution < 1.29 is 17.2 Å². The summed E-state index contributed by atoms with van der Waals surface area (Å²) in [6, 6.07) is 7.26. The van der Waals surface area contributed by atoms with Gasteiger partial charge in [0, 0.05) is 19.2 Å². The molecular formula is C19H21F2NO2S. The third-order valence-electron chi connectivity index (χ3n) is 4.79. The summed E-state index contributed by atoms with van der Waals surface area (Å²) in [5.74, 6) is -1.29. The van der Waals surface area contributed by atoms with E-state index in [1.807, 2.05) is 19.9 Å². The molecule has 0 saturated heterocycles. The monoisotopic (exact) mass is 365 g/mol. The molecule has 6 heteroatoms. The molecule has 0 bridgehead atoms. The van der Waals surface area contributed by atoms with Gasteiger partial charge in [-0.05, 0) is 59.7 Å². The lowest BCUT2D eigenvalue weighted by atomic mass is 10.0. The second kappa shape index (κ2) is 6.84. The maximum atomic E-state index is 13.9. The first-order valence-electron chi connectivity index (χ1n) is 8.45. The molecule has 0 aliphatic carbocycles. The average Bonchev–Trinajstić information content (AvgIpc) is 2.60. The second-order valence-corrected chi connectivity index (χ2v) is 8.19. The Morgan fingerprint density at radius 1 is 1.04 bits per heavy atom. The molecule has 1 heterocycles. The number of benzene rings is 2. The molecule has 2 aromatic rings. The first-order valence-corrected chi connectivity index (χ1v) is 9.89. The van der Waals surface area contributed by atoms with Gasteiger partial charge in [-0.1, -0.05) is 19.9 Å². The number of fused-ring (bicyclic) bond motifs is 1. The number of halogens is 2. The fourth-order valence-electron chi connectivity index (χ4n) is 3.37. The Morgan fingerprint density at radius 3 is 2.44 bits per heavy atom. The van der Waals surface area contributed by atoms with Gasteiger partial charge in [0.15, 0.2) is 0 Å². The van der Waals surface area contributed by atoms with Crippen LogP contribution in [0.3, 0.4) is 0 Å². The van der Waals surface area contributed by atoms with Crippen LogP contribution < -0.4 is 0 Å². The maximum Gasteiger partial charge on any atom is 0.243 e. The normalized spacial score (nSPS) is 15.2. The number of sulfonamides is 1. The standard InChI is InChI=1S/C19H21F2NO2S/c1-3-13-5-6-17(10-14(13)4-2)25(23,24)22-8-7-18-15(12-22)9-16(20)11-19(18)21/h5-6,9-11H,3-4,7-8,12H2,1-2H3. The van der Waals surface area contributed by atoms with Gasteiger partial charge >= 0.3 is 0 Å². The van der Waals surface area contributed by atoms with Gasteiger partial charge in [-0.15, -0.1) is 0 Å². The molecule has 0 unspecified atom stereocenters. The van der Waals surface area contributed by atoms with Crippen molar-refractivity contribution in [2.24, 2.45) is 0 Å². The van der Waals surface area contributed by atoms with Crippen LogP contribution in [0.25, 0.3) is 0 Å². The second-order valence-electron chi connectivity index (χ2n) is 6.25. The van der Waals surface area contributed by atoms with Gasteiger partial charge in [0.25, 0.3) is 0 Å². The van der Waals surface area contributed by atoms with Crippen molar-refractivity contribution in [2.75, 3.05) is 6.54 Å². The summed E-state index contributed by atoms with van der Waals surface area (Å²) in [4.78, 5) is 0.238. The van der Waals surface area contributed by atoms with E-state index in [0.717, 1.165) is 30.0 Å². The molecule has 0 atom stereocenters. The lowest BCUT2D eigenvalue weighted by Gasteiger charge is -2.28. The van der Waals surface area contributed by atoms with Crippen LogP contribution >= 0.6 is 0 Å². The molecule has 1 aliphatic heterocycles. The van der Waals surface area contributed by atoms with Gasteiger partial charge in [-0.2, -0.15) is 4.31 Å². The molecule has 134 valence electrons. The van der Waals surface area contributed by atoms with Gasteiger partial charge in [-0.3, -0.25) is 0 Å². The molecule has 0 saturated carbocycles. The predicted molar refractivity (Wildman–Crippen MR) is 92.9 cm³/mol. The van der Waals surface area contributed by atoms with Crippen molar-refractivity contribution >= 4 is 10.0 Å². The summed E-state index contributed by atoms with van der Waals surface area (Å²) in [6.07, 6.45) is 1.85. The zero-order valence-electron chi connectivity index (χ0n) is 14.4. The van der Waals surface area contributed by atoms with E-state index in [-0.39, 0.29) is 24.4 Å². The Kier molecular flexibility index (Phi) is 4.93. The Bertz CT molecular complexity index is 910. The Hall–Kier alpha value is -1.79. The fourth-order valence-corrected chi connectivity index (χ4v) is 4.84. The molecule has 3 rings (SSSR count). The van der Waals surface area contributed by atoms with Gasteiger partial charge in [-0.25, -0.2) is 17.2 Å². The van der Waals surface area contributed by atoms with Crippen molar-refractivity contribution in [3.63, 3.8) is 0 Å². The molecule has 0 radical (unpaired) electrons. The summed E-state index contributed by atoms with van der Waals surface area (Å²) >= 11 is 0. The minimum Gasteiger partial charge on any atom is -0.207 e. The molecule has 25 heavy (non-hydrogen) atoms. The van der Waals surface area contributed by atoms with E-state index < -0.39 is 21.7 Å². The predicted octanol–water partition coefficient (Wildman–Crippen LogP) is 3.84. The van der Waals surface area contributed by atoms with Crippen molar-refractivity contribution in [2.45, 2.75) is 44.6 Å². The third-order valence-corrected chi connectivity index (χ3v) is 6.63. The molecule has 0 N–H and O–H groups in total. The van der Waals surface area contributed by atoms with Crippen LogP contribution in [0.5, 0.6) is 0 Å². The smallest absolute Gasteiger partial charge is 0.207 e. The largest absolute Gasteiger partial charge is 0.243 e. The minimum absolute atomic E-state index is 0.0106. The Morgan fingerprint density at radius 2 is 1.76 bits per heavy atom. The maximum absolute atomic E-state index is 13.9. The molecule has 3 nitrogen and oxygen atoms in total. The summed E-state index contributed by atoms with van der Waals surface area (Å²) in [5, 5.41) is 0. The fraction of sp³-hybridized carbons (Fsp3) is 0.368. The number of rotatable bonds is 4. The highest BCUT2D eigenvalue weighted by molar-refractivity contribution is 7.89. The van der Waals surface area contributed by atoms with E-state index >= 15 is 0 Å². The summed E-state index contributed by atoms with van der Waals surface area (Å²) in [7, 11) is -3.70. The van der Waals surface area contributed by atoms with Gasteiger partial charge < -0.3 is 0 Å². The Balaban J connectivity index is 1.96. The van der Waals surface area contributed by atoms with Gasteiger partial charge in [0.1, 0.15) is 11.6 Å². The van der Waals surface area contributed by atoms with E-state index in [9.17, 15) is 17.2 Å². The van der Waals surface area contributed by atoms with Crippen LogP contribution in [0.2, 0.25) is 0 Å². The molecular weight excluding hydrogens is 344 g/mol. The highest BCUT2D eigenvalue weighted by atomic mass is 32.2. The van der Waals surface area contributed by atoms with E-state index in [4.69, 9.17) is 0 Å². The van der Waals surface area contributed by atoms with Crippen molar-refractivity contribution in [3.05, 3.63) is 64.2 Å². The van der Waals surface area contributed by atoms with E-state index in [2.05, 4.69) is 0 Å². The van der Waals surface area contributed by atoms with E-state index in [0.29, 0.717) is 11.1 Å². The summed E-state index contributed by atoms with van der Waals surface area (Å²) in [6.45, 7) is 4.21. The van der Waals surface area contributed by atoms with E-state index in [1.54, 1.807) is 12.1 Å². The van der Waals surface area contributed by atoms with Gasteiger partial charge in [0.2, 0.25) is 10.0 Å². The zero-order chi connectivity index (χ0) is 18.2. The molecule has 0 aromatic heterocycles. The highest BCUT2D eigenvalue weighted by Crippen LogP contribution is 2.28. The molecule has 0 amide bonds. The molecule has 0 spiro atoms. The number of hydrogen-bond donors (Lipinski definition) is 0. The van der Waals surface area contributed by atoms with E-state index in [1.165, 1.54) is 10.4 Å². The Labute approximate surface area is 147 Å². The topological polar surface area (TPSA) is 37.4 Å². The van der Waals surface area contributed by atoms with Crippen LogP contribution in [0.4, 0.5) is 8.78 Å². The van der Waals surface area contributed by atoms with Gasteiger partial charge in [0.05, 0.1) is 4.90 Å². The minimum atomic E-state index is -3.70. The number of aryl methyl sites for hydroxylation is 2. The third kappa shape index (κ3) is 3.33. The highest BCUT2D eigenvalue weighted by Gasteiger charge is 2.30. The number of hydrogen-bond acceptors (Lipinski definition) is 2. The SMILES string of the molecule is CCc1ccc(S(=O)(=O)N2CCc3c(F)cc(F)cc3C2)cc1CC. The van der Waals surface area contributed by atoms with Crippen LogP contribution in [0.15, 0.2) is 35.2 Å². The zero-order valence-corrected chi connectivity index (χ0v) is 15.2. The number of nitrogens with zero attached hydrogens (tertiary/aromatic N) is 1. The van der Waals surface area contributed by atoms with Crippen LogP contribution in [0.1, 0.15) is 36.1 Å². The molecule has 2 aromatic carbocycles. The van der Waals surface area contributed by atoms with Crippen molar-refractivity contribution in [1.82, 2.24) is 4.31 Å². The quantitative estimate of drug-likeness (QED) is 0.826. The van der Waals surface area contributed by atoms with Crippen LogP contribution in [-0.2, 0) is 35.8 Å². The molecule has 0 fully saturated rings.